The molecule has 0 spiro atoms. The van der Waals surface area contributed by atoms with Crippen LogP contribution in [-0.4, -0.2) is 19.6 Å². The van der Waals surface area contributed by atoms with Crippen LogP contribution in [0.2, 0.25) is 9.91 Å². The Bertz CT molecular complexity index is 943. The molecule has 0 saturated heterocycles. The Morgan fingerprint density at radius 3 is 2.62 bits per heavy atom. The summed E-state index contributed by atoms with van der Waals surface area (Å²) in [5.74, 6) is 0. The molecule has 6 heteroatoms. The first-order chi connectivity index (χ1) is 13.7. The predicted molar refractivity (Wildman–Crippen MR) is 111 cm³/mol. The van der Waals surface area contributed by atoms with E-state index in [2.05, 4.69) is 31.8 Å². The van der Waals surface area contributed by atoms with Crippen molar-refractivity contribution in [1.82, 2.24) is 4.98 Å². The molecular formula is C23H24AsF3N2. The fourth-order valence-electron chi connectivity index (χ4n) is 3.99. The molecule has 3 rings (SSSR count). The number of benzene rings is 1. The van der Waals surface area contributed by atoms with Crippen molar-refractivity contribution >= 4 is 24.6 Å². The third-order valence-corrected chi connectivity index (χ3v) is 12.3. The number of hydrogen-bond acceptors (Lipinski definition) is 2. The van der Waals surface area contributed by atoms with Crippen molar-refractivity contribution in [2.75, 3.05) is 0 Å². The molecule has 152 valence electrons. The van der Waals surface area contributed by atoms with E-state index < -0.39 is 26.4 Å². The first kappa shape index (κ1) is 21.7. The number of alkyl halides is 3. The quantitative estimate of drug-likeness (QED) is 0.528. The SMILES string of the molecule is CC[As](c1ccc(C#N)c(C(F)(F)F)c1)C1C=C(c2cccnc2)CCC1(C)C. The number of rotatable bonds is 4. The summed E-state index contributed by atoms with van der Waals surface area (Å²) >= 11 is -1.86. The average molecular weight is 460 g/mol. The first-order valence-corrected chi connectivity index (χ1v) is 13.0. The second kappa shape index (κ2) is 8.36. The second-order valence-corrected chi connectivity index (χ2v) is 13.5. The van der Waals surface area contributed by atoms with Gasteiger partial charge in [-0.15, -0.1) is 0 Å². The first-order valence-electron chi connectivity index (χ1n) is 9.66. The third kappa shape index (κ3) is 4.59. The van der Waals surface area contributed by atoms with Gasteiger partial charge < -0.3 is 0 Å². The molecule has 1 heterocycles. The average Bonchev–Trinajstić information content (AvgIpc) is 2.69. The summed E-state index contributed by atoms with van der Waals surface area (Å²) < 4.78 is 41.5. The molecule has 0 aliphatic heterocycles. The molecule has 1 aliphatic rings. The number of aromatic nitrogens is 1. The molecule has 0 bridgehead atoms. The monoisotopic (exact) mass is 460 g/mol. The van der Waals surface area contributed by atoms with E-state index in [1.165, 1.54) is 17.7 Å². The van der Waals surface area contributed by atoms with Crippen LogP contribution >= 0.6 is 0 Å². The van der Waals surface area contributed by atoms with Gasteiger partial charge in [-0.2, -0.15) is 0 Å². The van der Waals surface area contributed by atoms with Crippen molar-refractivity contribution in [3.63, 3.8) is 0 Å². The van der Waals surface area contributed by atoms with E-state index in [-0.39, 0.29) is 15.7 Å². The molecule has 2 nitrogen and oxygen atoms in total. The number of pyridine rings is 1. The summed E-state index contributed by atoms with van der Waals surface area (Å²) in [6.45, 7) is 6.52. The molecule has 0 N–H and O–H groups in total. The fourth-order valence-corrected chi connectivity index (χ4v) is 10.2. The minimum atomic E-state index is -4.52. The summed E-state index contributed by atoms with van der Waals surface area (Å²) in [6.07, 6.45) is 3.32. The van der Waals surface area contributed by atoms with Crippen LogP contribution in [0.5, 0.6) is 0 Å². The van der Waals surface area contributed by atoms with Gasteiger partial charge in [-0.05, 0) is 0 Å². The second-order valence-electron chi connectivity index (χ2n) is 7.99. The van der Waals surface area contributed by atoms with E-state index in [0.717, 1.165) is 28.0 Å². The van der Waals surface area contributed by atoms with Crippen LogP contribution in [0.3, 0.4) is 0 Å². The number of nitrogens with zero attached hydrogens (tertiary/aromatic N) is 2. The van der Waals surface area contributed by atoms with Crippen LogP contribution < -0.4 is 4.35 Å². The molecule has 0 amide bonds. The topological polar surface area (TPSA) is 36.7 Å². The number of halogens is 3. The van der Waals surface area contributed by atoms with Gasteiger partial charge in [-0.3, -0.25) is 0 Å². The summed E-state index contributed by atoms with van der Waals surface area (Å²) in [5.41, 5.74) is 1.23. The minimum absolute atomic E-state index is 0.0218. The van der Waals surface area contributed by atoms with Crippen molar-refractivity contribution in [3.05, 3.63) is 65.5 Å². The molecule has 29 heavy (non-hydrogen) atoms. The number of hydrogen-bond donors (Lipinski definition) is 0. The molecule has 0 saturated carbocycles. The van der Waals surface area contributed by atoms with Gasteiger partial charge in [0.05, 0.1) is 0 Å². The summed E-state index contributed by atoms with van der Waals surface area (Å²) in [6, 6.07) is 9.98. The van der Waals surface area contributed by atoms with Crippen LogP contribution in [0.4, 0.5) is 13.2 Å². The summed E-state index contributed by atoms with van der Waals surface area (Å²) in [5, 5.41) is 9.97. The molecule has 0 fully saturated rings. The van der Waals surface area contributed by atoms with Crippen molar-refractivity contribution < 1.29 is 13.2 Å². The Kier molecular flexibility index (Phi) is 6.24. The fraction of sp³-hybridized carbons (Fsp3) is 0.391. The molecule has 0 radical (unpaired) electrons. The standard InChI is InChI=1S/C23H24AsF3N2/c1-4-24(19-8-7-17(14-28)20(13-19)23(25,26)27)21-12-16(9-10-22(21,2)3)18-6-5-11-29-15-18/h5-8,11-13,15,21H,4,9-10H2,1-3H3. The van der Waals surface area contributed by atoms with Gasteiger partial charge in [-0.25, -0.2) is 0 Å². The van der Waals surface area contributed by atoms with Crippen LogP contribution in [0.25, 0.3) is 5.57 Å². The van der Waals surface area contributed by atoms with Crippen LogP contribution in [0.15, 0.2) is 48.8 Å². The van der Waals surface area contributed by atoms with Crippen LogP contribution in [0.1, 0.15) is 50.3 Å². The van der Waals surface area contributed by atoms with E-state index in [1.54, 1.807) is 18.3 Å². The molecule has 2 atom stereocenters. The van der Waals surface area contributed by atoms with Crippen molar-refractivity contribution in [2.24, 2.45) is 5.41 Å². The molecule has 1 aromatic carbocycles. The van der Waals surface area contributed by atoms with Gasteiger partial charge in [0.15, 0.2) is 0 Å². The van der Waals surface area contributed by atoms with E-state index >= 15 is 0 Å². The Balaban J connectivity index is 2.07. The molecule has 2 unspecified atom stereocenters. The molecule has 2 aromatic rings. The zero-order valence-electron chi connectivity index (χ0n) is 16.8. The molecule has 1 aliphatic carbocycles. The van der Waals surface area contributed by atoms with Crippen LogP contribution in [0, 0.1) is 16.7 Å². The van der Waals surface area contributed by atoms with Gasteiger partial charge in [0.2, 0.25) is 0 Å². The zero-order chi connectivity index (χ0) is 21.2. The van der Waals surface area contributed by atoms with Gasteiger partial charge in [0.1, 0.15) is 0 Å². The molecule has 1 aromatic heterocycles. The van der Waals surface area contributed by atoms with Gasteiger partial charge in [0.25, 0.3) is 0 Å². The Hall–Kier alpha value is -2.05. The third-order valence-electron chi connectivity index (χ3n) is 5.67. The maximum atomic E-state index is 13.5. The Morgan fingerprint density at radius 2 is 2.03 bits per heavy atom. The van der Waals surface area contributed by atoms with Gasteiger partial charge in [0, 0.05) is 0 Å². The Labute approximate surface area is 174 Å². The predicted octanol–water partition coefficient (Wildman–Crippen LogP) is 5.97. The zero-order valence-corrected chi connectivity index (χ0v) is 18.7. The van der Waals surface area contributed by atoms with Crippen molar-refractivity contribution in [3.8, 4) is 6.07 Å². The van der Waals surface area contributed by atoms with E-state index in [1.807, 2.05) is 18.3 Å². The summed E-state index contributed by atoms with van der Waals surface area (Å²) in [4.78, 5) is 4.22. The molecular weight excluding hydrogens is 436 g/mol. The summed E-state index contributed by atoms with van der Waals surface area (Å²) in [7, 11) is 0. The van der Waals surface area contributed by atoms with Gasteiger partial charge >= 0.3 is 175 Å². The van der Waals surface area contributed by atoms with E-state index in [9.17, 15) is 13.2 Å². The van der Waals surface area contributed by atoms with Crippen LogP contribution in [-0.2, 0) is 6.18 Å². The number of nitriles is 1. The van der Waals surface area contributed by atoms with Gasteiger partial charge in [-0.1, -0.05) is 0 Å². The normalized spacial score (nSPS) is 19.9. The van der Waals surface area contributed by atoms with E-state index in [4.69, 9.17) is 5.26 Å². The van der Waals surface area contributed by atoms with Crippen molar-refractivity contribution in [2.45, 2.75) is 49.7 Å². The maximum absolute atomic E-state index is 13.5. The number of allylic oxidation sites excluding steroid dienone is 2. The van der Waals surface area contributed by atoms with Crippen molar-refractivity contribution in [1.29, 1.82) is 5.26 Å². The Morgan fingerprint density at radius 1 is 1.28 bits per heavy atom. The van der Waals surface area contributed by atoms with E-state index in [0.29, 0.717) is 0 Å².